The van der Waals surface area contributed by atoms with Crippen LogP contribution in [0.2, 0.25) is 0 Å². The van der Waals surface area contributed by atoms with Crippen LogP contribution in [0.1, 0.15) is 57.8 Å². The summed E-state index contributed by atoms with van der Waals surface area (Å²) in [7, 11) is 0. The van der Waals surface area contributed by atoms with Crippen LogP contribution >= 0.6 is 0 Å². The lowest BCUT2D eigenvalue weighted by Crippen LogP contribution is -2.64. The minimum Gasteiger partial charge on any atom is -0.316 e. The van der Waals surface area contributed by atoms with Gasteiger partial charge in [0.05, 0.1) is 0 Å². The van der Waals surface area contributed by atoms with Crippen molar-refractivity contribution in [3.8, 4) is 0 Å². The average molecular weight is 248 g/mol. The second-order valence-electron chi connectivity index (χ2n) is 7.22. The summed E-state index contributed by atoms with van der Waals surface area (Å²) in [5, 5.41) is 3.69. The Balaban J connectivity index is 1.60. The van der Waals surface area contributed by atoms with Gasteiger partial charge in [-0.25, -0.2) is 0 Å². The van der Waals surface area contributed by atoms with Crippen LogP contribution in [0.15, 0.2) is 0 Å². The van der Waals surface area contributed by atoms with Gasteiger partial charge < -0.3 is 5.32 Å². The highest BCUT2D eigenvalue weighted by Crippen LogP contribution is 2.43. The van der Waals surface area contributed by atoms with E-state index in [2.05, 4.69) is 10.2 Å². The van der Waals surface area contributed by atoms with Gasteiger partial charge in [-0.2, -0.15) is 0 Å². The van der Waals surface area contributed by atoms with E-state index in [1.54, 1.807) is 0 Å². The van der Waals surface area contributed by atoms with Gasteiger partial charge in [-0.3, -0.25) is 4.90 Å². The maximum atomic E-state index is 3.69. The molecule has 18 heavy (non-hydrogen) atoms. The third kappa shape index (κ3) is 1.84. The van der Waals surface area contributed by atoms with E-state index in [4.69, 9.17) is 0 Å². The SMILES string of the molecule is C1CC2CNCC(C1)C2N1C2CCCC1CCC2. The summed E-state index contributed by atoms with van der Waals surface area (Å²) in [4.78, 5) is 3.06. The Hall–Kier alpha value is -0.0800. The number of hydrogen-bond donors (Lipinski definition) is 1. The molecule has 2 atom stereocenters. The van der Waals surface area contributed by atoms with Crippen LogP contribution < -0.4 is 5.32 Å². The highest BCUT2D eigenvalue weighted by molar-refractivity contribution is 5.01. The molecule has 0 aromatic carbocycles. The Morgan fingerprint density at radius 3 is 1.72 bits per heavy atom. The van der Waals surface area contributed by atoms with Crippen molar-refractivity contribution < 1.29 is 0 Å². The van der Waals surface area contributed by atoms with Crippen molar-refractivity contribution in [1.29, 1.82) is 0 Å². The molecular formula is C16H28N2. The zero-order chi connectivity index (χ0) is 11.9. The first-order valence-corrected chi connectivity index (χ1v) is 8.41. The smallest absolute Gasteiger partial charge is 0.0182 e. The second kappa shape index (κ2) is 4.79. The molecule has 4 rings (SSSR count). The first-order valence-electron chi connectivity index (χ1n) is 8.41. The number of hydrogen-bond acceptors (Lipinski definition) is 2. The molecule has 3 aliphatic heterocycles. The Morgan fingerprint density at radius 2 is 1.17 bits per heavy atom. The largest absolute Gasteiger partial charge is 0.316 e. The summed E-state index contributed by atoms with van der Waals surface area (Å²) >= 11 is 0. The van der Waals surface area contributed by atoms with E-state index in [0.717, 1.165) is 30.0 Å². The second-order valence-corrected chi connectivity index (χ2v) is 7.22. The number of rotatable bonds is 1. The summed E-state index contributed by atoms with van der Waals surface area (Å²) < 4.78 is 0. The molecule has 4 aliphatic rings. The van der Waals surface area contributed by atoms with E-state index in [-0.39, 0.29) is 0 Å². The van der Waals surface area contributed by atoms with E-state index in [1.165, 1.54) is 70.9 Å². The minimum absolute atomic E-state index is 0.954. The Labute approximate surface area is 111 Å². The maximum Gasteiger partial charge on any atom is 0.0182 e. The molecule has 0 aromatic rings. The third-order valence-corrected chi connectivity index (χ3v) is 6.27. The molecule has 0 radical (unpaired) electrons. The first-order chi connectivity index (χ1) is 8.93. The fourth-order valence-corrected chi connectivity index (χ4v) is 5.60. The quantitative estimate of drug-likeness (QED) is 0.767. The lowest BCUT2D eigenvalue weighted by atomic mass is 9.70. The highest BCUT2D eigenvalue weighted by Gasteiger charge is 2.46. The zero-order valence-electron chi connectivity index (χ0n) is 11.6. The van der Waals surface area contributed by atoms with E-state index < -0.39 is 0 Å². The molecule has 102 valence electrons. The van der Waals surface area contributed by atoms with Crippen molar-refractivity contribution in [3.05, 3.63) is 0 Å². The van der Waals surface area contributed by atoms with Crippen molar-refractivity contribution in [2.45, 2.75) is 75.9 Å². The van der Waals surface area contributed by atoms with Crippen molar-refractivity contribution in [2.75, 3.05) is 13.1 Å². The van der Waals surface area contributed by atoms with Crippen LogP contribution in [0.3, 0.4) is 0 Å². The van der Waals surface area contributed by atoms with E-state index >= 15 is 0 Å². The fourth-order valence-electron chi connectivity index (χ4n) is 5.60. The van der Waals surface area contributed by atoms with Crippen LogP contribution in [0.25, 0.3) is 0 Å². The molecule has 0 aromatic heterocycles. The number of nitrogens with zero attached hydrogens (tertiary/aromatic N) is 1. The van der Waals surface area contributed by atoms with Gasteiger partial charge in [0, 0.05) is 18.1 Å². The van der Waals surface area contributed by atoms with Gasteiger partial charge in [-0.15, -0.1) is 0 Å². The molecule has 2 nitrogen and oxygen atoms in total. The molecule has 4 fully saturated rings. The van der Waals surface area contributed by atoms with Gasteiger partial charge in [0.2, 0.25) is 0 Å². The Bertz CT molecular complexity index is 229. The fraction of sp³-hybridized carbons (Fsp3) is 1.00. The maximum absolute atomic E-state index is 3.69. The van der Waals surface area contributed by atoms with Crippen LogP contribution in [0, 0.1) is 11.8 Å². The standard InChI is InChI=1S/C16H28N2/c1-4-12-10-17-11-13(5-1)16(12)18-14-6-2-7-15(18)9-3-8-14/h12-17H,1-11H2. The van der Waals surface area contributed by atoms with Crippen LogP contribution in [-0.2, 0) is 0 Å². The third-order valence-electron chi connectivity index (χ3n) is 6.27. The predicted octanol–water partition coefficient (Wildman–Crippen LogP) is 2.78. The molecule has 3 heterocycles. The molecule has 3 saturated heterocycles. The lowest BCUT2D eigenvalue weighted by molar-refractivity contribution is -0.0659. The predicted molar refractivity (Wildman–Crippen MR) is 74.6 cm³/mol. The van der Waals surface area contributed by atoms with Gasteiger partial charge >= 0.3 is 0 Å². The van der Waals surface area contributed by atoms with E-state index in [1.807, 2.05) is 0 Å². The highest BCUT2D eigenvalue weighted by atomic mass is 15.3. The molecule has 2 heteroatoms. The van der Waals surface area contributed by atoms with Gasteiger partial charge in [-0.05, 0) is 63.5 Å². The van der Waals surface area contributed by atoms with Crippen molar-refractivity contribution in [2.24, 2.45) is 11.8 Å². The normalized spacial score (nSPS) is 49.0. The summed E-state index contributed by atoms with van der Waals surface area (Å²) in [6, 6.07) is 2.88. The summed E-state index contributed by atoms with van der Waals surface area (Å²) in [6.07, 6.45) is 13.5. The van der Waals surface area contributed by atoms with Crippen molar-refractivity contribution >= 4 is 0 Å². The number of fused-ring (bicyclic) bond motifs is 5. The molecule has 4 bridgehead atoms. The molecule has 0 amide bonds. The zero-order valence-corrected chi connectivity index (χ0v) is 11.6. The van der Waals surface area contributed by atoms with E-state index in [0.29, 0.717) is 0 Å². The monoisotopic (exact) mass is 248 g/mol. The van der Waals surface area contributed by atoms with Gasteiger partial charge in [0.25, 0.3) is 0 Å². The van der Waals surface area contributed by atoms with Crippen LogP contribution in [0.4, 0.5) is 0 Å². The lowest BCUT2D eigenvalue weighted by Gasteiger charge is -2.57. The molecule has 1 saturated carbocycles. The minimum atomic E-state index is 0.954. The molecule has 1 aliphatic carbocycles. The average Bonchev–Trinajstić information content (AvgIpc) is 2.36. The Kier molecular flexibility index (Phi) is 3.12. The number of nitrogens with one attached hydrogen (secondary N) is 1. The molecule has 0 spiro atoms. The van der Waals surface area contributed by atoms with Crippen LogP contribution in [0.5, 0.6) is 0 Å². The summed E-state index contributed by atoms with van der Waals surface area (Å²) in [5.74, 6) is 1.94. The summed E-state index contributed by atoms with van der Waals surface area (Å²) in [6.45, 7) is 2.61. The molecular weight excluding hydrogens is 220 g/mol. The molecule has 1 N–H and O–H groups in total. The van der Waals surface area contributed by atoms with Gasteiger partial charge in [0.1, 0.15) is 0 Å². The van der Waals surface area contributed by atoms with Crippen molar-refractivity contribution in [3.63, 3.8) is 0 Å². The van der Waals surface area contributed by atoms with Crippen LogP contribution in [-0.4, -0.2) is 36.1 Å². The van der Waals surface area contributed by atoms with E-state index in [9.17, 15) is 0 Å². The molecule has 2 unspecified atom stereocenters. The van der Waals surface area contributed by atoms with Gasteiger partial charge in [-0.1, -0.05) is 19.3 Å². The topological polar surface area (TPSA) is 15.3 Å². The van der Waals surface area contributed by atoms with Gasteiger partial charge in [0.15, 0.2) is 0 Å². The van der Waals surface area contributed by atoms with Crippen molar-refractivity contribution in [1.82, 2.24) is 10.2 Å². The first kappa shape index (κ1) is 11.7. The number of piperidine rings is 3. The Morgan fingerprint density at radius 1 is 0.667 bits per heavy atom. The summed E-state index contributed by atoms with van der Waals surface area (Å²) in [5.41, 5.74) is 0.